The zero-order valence-electron chi connectivity index (χ0n) is 12.0. The van der Waals surface area contributed by atoms with Crippen molar-refractivity contribution >= 4 is 21.6 Å². The summed E-state index contributed by atoms with van der Waals surface area (Å²) in [5, 5.41) is 2.51. The minimum Gasteiger partial charge on any atom is -0.358 e. The molecule has 7 nitrogen and oxygen atoms in total. The number of hydrogen-bond donors (Lipinski definition) is 1. The lowest BCUT2D eigenvalue weighted by molar-refractivity contribution is -0.120. The first-order valence-electron chi connectivity index (χ1n) is 6.63. The number of amides is 1. The van der Waals surface area contributed by atoms with Crippen LogP contribution in [0.15, 0.2) is 35.6 Å². The summed E-state index contributed by atoms with van der Waals surface area (Å²) in [6.07, 6.45) is 3.57. The first-order valence-corrected chi connectivity index (χ1v) is 8.07. The number of carbonyl (C=O) groups is 1. The SMILES string of the molecule is CCCN(CC(=O)NC)S(=O)(=O)c1cnc2ccccn12. The summed E-state index contributed by atoms with van der Waals surface area (Å²) in [4.78, 5) is 15.6. The lowest BCUT2D eigenvalue weighted by Gasteiger charge is -2.20. The number of carbonyl (C=O) groups excluding carboxylic acids is 1. The van der Waals surface area contributed by atoms with E-state index in [0.717, 1.165) is 0 Å². The molecular formula is C13H18N4O3S. The van der Waals surface area contributed by atoms with E-state index in [1.54, 1.807) is 24.4 Å². The predicted octanol–water partition coefficient (Wildman–Crippen LogP) is 0.481. The Morgan fingerprint density at radius 1 is 1.43 bits per heavy atom. The standard InChI is InChI=1S/C13H18N4O3S/c1-3-7-16(10-12(18)14-2)21(19,20)13-9-15-11-6-4-5-8-17(11)13/h4-6,8-9H,3,7,10H2,1-2H3,(H,14,18). The number of sulfonamides is 1. The summed E-state index contributed by atoms with van der Waals surface area (Å²) in [5.41, 5.74) is 0.549. The number of pyridine rings is 1. The Morgan fingerprint density at radius 2 is 2.19 bits per heavy atom. The first-order chi connectivity index (χ1) is 10.0. The molecule has 0 saturated heterocycles. The second-order valence-electron chi connectivity index (χ2n) is 4.54. The highest BCUT2D eigenvalue weighted by Crippen LogP contribution is 2.17. The van der Waals surface area contributed by atoms with Crippen molar-refractivity contribution in [3.8, 4) is 0 Å². The Bertz CT molecular complexity index is 739. The zero-order valence-corrected chi connectivity index (χ0v) is 12.8. The van der Waals surface area contributed by atoms with Crippen LogP contribution < -0.4 is 5.32 Å². The number of aromatic nitrogens is 2. The number of imidazole rings is 1. The van der Waals surface area contributed by atoms with Gasteiger partial charge in [0.2, 0.25) is 5.91 Å². The van der Waals surface area contributed by atoms with Gasteiger partial charge in [0.1, 0.15) is 5.65 Å². The fourth-order valence-corrected chi connectivity index (χ4v) is 3.57. The van der Waals surface area contributed by atoms with E-state index in [1.165, 1.54) is 22.0 Å². The molecule has 0 atom stereocenters. The summed E-state index contributed by atoms with van der Waals surface area (Å²) in [5.74, 6) is -0.346. The molecule has 0 saturated carbocycles. The normalized spacial score (nSPS) is 12.0. The van der Waals surface area contributed by atoms with Crippen molar-refractivity contribution in [1.29, 1.82) is 0 Å². The molecule has 0 radical (unpaired) electrons. The minimum atomic E-state index is -3.78. The Labute approximate surface area is 123 Å². The van der Waals surface area contributed by atoms with Crippen LogP contribution in [-0.2, 0) is 14.8 Å². The highest BCUT2D eigenvalue weighted by molar-refractivity contribution is 7.89. The number of fused-ring (bicyclic) bond motifs is 1. The van der Waals surface area contributed by atoms with Crippen molar-refractivity contribution in [3.63, 3.8) is 0 Å². The van der Waals surface area contributed by atoms with Crippen LogP contribution in [0.5, 0.6) is 0 Å². The van der Waals surface area contributed by atoms with Gasteiger partial charge in [-0.25, -0.2) is 13.4 Å². The largest absolute Gasteiger partial charge is 0.358 e. The van der Waals surface area contributed by atoms with Crippen LogP contribution in [0, 0.1) is 0 Å². The molecule has 0 fully saturated rings. The molecule has 0 spiro atoms. The van der Waals surface area contributed by atoms with E-state index in [-0.39, 0.29) is 24.0 Å². The van der Waals surface area contributed by atoms with E-state index in [2.05, 4.69) is 10.3 Å². The molecule has 0 aliphatic heterocycles. The number of hydrogen-bond acceptors (Lipinski definition) is 4. The monoisotopic (exact) mass is 310 g/mol. The van der Waals surface area contributed by atoms with Crippen molar-refractivity contribution in [3.05, 3.63) is 30.6 Å². The first kappa shape index (κ1) is 15.5. The smallest absolute Gasteiger partial charge is 0.261 e. The topological polar surface area (TPSA) is 83.8 Å². The van der Waals surface area contributed by atoms with Crippen molar-refractivity contribution in [2.45, 2.75) is 18.4 Å². The summed E-state index contributed by atoms with van der Waals surface area (Å²) < 4.78 is 28.1. The van der Waals surface area contributed by atoms with Crippen LogP contribution in [0.1, 0.15) is 13.3 Å². The third-order valence-corrected chi connectivity index (χ3v) is 4.88. The zero-order chi connectivity index (χ0) is 15.5. The maximum Gasteiger partial charge on any atom is 0.261 e. The van der Waals surface area contributed by atoms with Crippen molar-refractivity contribution < 1.29 is 13.2 Å². The molecule has 0 aliphatic carbocycles. The van der Waals surface area contributed by atoms with Gasteiger partial charge in [-0.15, -0.1) is 0 Å². The molecule has 114 valence electrons. The van der Waals surface area contributed by atoms with Crippen molar-refractivity contribution in [2.24, 2.45) is 0 Å². The van der Waals surface area contributed by atoms with E-state index >= 15 is 0 Å². The number of rotatable bonds is 6. The third kappa shape index (κ3) is 3.06. The Hall–Kier alpha value is -1.93. The minimum absolute atomic E-state index is 0.0652. The molecule has 0 aliphatic rings. The molecule has 2 rings (SSSR count). The van der Waals surface area contributed by atoms with Crippen molar-refractivity contribution in [2.75, 3.05) is 20.1 Å². The molecule has 0 aromatic carbocycles. The molecule has 2 aromatic heterocycles. The molecule has 2 heterocycles. The van der Waals surface area contributed by atoms with E-state index in [0.29, 0.717) is 12.1 Å². The number of likely N-dealkylation sites (N-methyl/N-ethyl adjacent to an activating group) is 1. The van der Waals surface area contributed by atoms with Crippen LogP contribution in [0.25, 0.3) is 5.65 Å². The highest BCUT2D eigenvalue weighted by atomic mass is 32.2. The van der Waals surface area contributed by atoms with Gasteiger partial charge in [-0.3, -0.25) is 9.20 Å². The number of nitrogens with one attached hydrogen (secondary N) is 1. The summed E-state index contributed by atoms with van der Waals surface area (Å²) in [7, 11) is -2.30. The van der Waals surface area contributed by atoms with E-state index in [1.807, 2.05) is 6.92 Å². The lowest BCUT2D eigenvalue weighted by atomic mass is 10.4. The van der Waals surface area contributed by atoms with Gasteiger partial charge >= 0.3 is 0 Å². The summed E-state index contributed by atoms with van der Waals surface area (Å²) >= 11 is 0. The highest BCUT2D eigenvalue weighted by Gasteiger charge is 2.28. The van der Waals surface area contributed by atoms with Crippen LogP contribution in [0.3, 0.4) is 0 Å². The maximum atomic E-state index is 12.7. The van der Waals surface area contributed by atoms with Gasteiger partial charge in [0.25, 0.3) is 10.0 Å². The fraction of sp³-hybridized carbons (Fsp3) is 0.385. The molecular weight excluding hydrogens is 292 g/mol. The van der Waals surface area contributed by atoms with Gasteiger partial charge < -0.3 is 5.32 Å². The van der Waals surface area contributed by atoms with Gasteiger partial charge in [0.15, 0.2) is 5.03 Å². The van der Waals surface area contributed by atoms with E-state index < -0.39 is 10.0 Å². The number of nitrogens with zero attached hydrogens (tertiary/aromatic N) is 3. The summed E-state index contributed by atoms with van der Waals surface area (Å²) in [6, 6.07) is 5.24. The van der Waals surface area contributed by atoms with Gasteiger partial charge in [0, 0.05) is 19.8 Å². The Balaban J connectivity index is 2.44. The summed E-state index contributed by atoms with van der Waals surface area (Å²) in [6.45, 7) is 1.93. The Morgan fingerprint density at radius 3 is 2.86 bits per heavy atom. The molecule has 1 N–H and O–H groups in total. The van der Waals surface area contributed by atoms with Crippen LogP contribution in [0.4, 0.5) is 0 Å². The maximum absolute atomic E-state index is 12.7. The molecule has 0 bridgehead atoms. The Kier molecular flexibility index (Phi) is 4.59. The molecule has 2 aromatic rings. The molecule has 8 heteroatoms. The van der Waals surface area contributed by atoms with Crippen molar-refractivity contribution in [1.82, 2.24) is 19.0 Å². The van der Waals surface area contributed by atoms with Gasteiger partial charge in [0.05, 0.1) is 12.7 Å². The third-order valence-electron chi connectivity index (χ3n) is 3.06. The predicted molar refractivity (Wildman–Crippen MR) is 78.3 cm³/mol. The molecule has 0 unspecified atom stereocenters. The lowest BCUT2D eigenvalue weighted by Crippen LogP contribution is -2.40. The fourth-order valence-electron chi connectivity index (χ4n) is 2.01. The van der Waals surface area contributed by atoms with Crippen LogP contribution in [-0.4, -0.2) is 48.2 Å². The van der Waals surface area contributed by atoms with E-state index in [9.17, 15) is 13.2 Å². The van der Waals surface area contributed by atoms with Gasteiger partial charge in [-0.2, -0.15) is 4.31 Å². The van der Waals surface area contributed by atoms with Crippen LogP contribution >= 0.6 is 0 Å². The average Bonchev–Trinajstić information content (AvgIpc) is 2.91. The van der Waals surface area contributed by atoms with E-state index in [4.69, 9.17) is 0 Å². The molecule has 21 heavy (non-hydrogen) atoms. The van der Waals surface area contributed by atoms with Gasteiger partial charge in [-0.05, 0) is 18.6 Å². The van der Waals surface area contributed by atoms with Crippen LogP contribution in [0.2, 0.25) is 0 Å². The molecule has 1 amide bonds. The quantitative estimate of drug-likeness (QED) is 0.841. The second kappa shape index (κ2) is 6.23. The van der Waals surface area contributed by atoms with Gasteiger partial charge in [-0.1, -0.05) is 13.0 Å². The second-order valence-corrected chi connectivity index (χ2v) is 6.42. The average molecular weight is 310 g/mol.